The average molecular weight is 309 g/mol. The molecule has 3 nitrogen and oxygen atoms in total. The summed E-state index contributed by atoms with van der Waals surface area (Å²) in [5, 5.41) is 0. The quantitative estimate of drug-likeness (QED) is 0.802. The predicted molar refractivity (Wildman–Crippen MR) is 61.2 cm³/mol. The van der Waals surface area contributed by atoms with Crippen molar-refractivity contribution < 1.29 is 23.0 Å². The van der Waals surface area contributed by atoms with Crippen LogP contribution in [0, 0.1) is 0 Å². The van der Waals surface area contributed by atoms with Crippen LogP contribution in [0.4, 0.5) is 8.78 Å². The van der Waals surface area contributed by atoms with E-state index in [-0.39, 0.29) is 12.4 Å². The van der Waals surface area contributed by atoms with E-state index in [2.05, 4.69) is 20.7 Å². The number of benzene rings is 1. The van der Waals surface area contributed by atoms with E-state index in [9.17, 15) is 13.6 Å². The van der Waals surface area contributed by atoms with Crippen molar-refractivity contribution >= 4 is 21.9 Å². The average Bonchev–Trinajstić information content (AvgIpc) is 2.29. The Labute approximate surface area is 106 Å². The number of esters is 1. The summed E-state index contributed by atoms with van der Waals surface area (Å²) in [4.78, 5) is 11.1. The lowest BCUT2D eigenvalue weighted by Gasteiger charge is -2.16. The van der Waals surface area contributed by atoms with Gasteiger partial charge in [-0.2, -0.15) is 8.78 Å². The molecule has 0 N–H and O–H groups in total. The van der Waals surface area contributed by atoms with Gasteiger partial charge in [-0.3, -0.25) is 0 Å². The second-order valence-corrected chi connectivity index (χ2v) is 4.00. The van der Waals surface area contributed by atoms with Crippen LogP contribution in [0.15, 0.2) is 22.7 Å². The first-order chi connectivity index (χ1) is 7.93. The minimum absolute atomic E-state index is 0.0952. The lowest BCUT2D eigenvalue weighted by Crippen LogP contribution is -2.28. The number of carbonyl (C=O) groups excluding carboxylic acids is 1. The summed E-state index contributed by atoms with van der Waals surface area (Å²) in [6.45, 7) is 1.37. The van der Waals surface area contributed by atoms with Crippen LogP contribution in [-0.4, -0.2) is 19.7 Å². The number of halogens is 3. The summed E-state index contributed by atoms with van der Waals surface area (Å²) >= 11 is 3.14. The van der Waals surface area contributed by atoms with E-state index in [1.165, 1.54) is 20.1 Å². The van der Waals surface area contributed by atoms with E-state index in [0.717, 1.165) is 12.1 Å². The molecule has 0 radical (unpaired) electrons. The Bertz CT molecular complexity index is 421. The van der Waals surface area contributed by atoms with Gasteiger partial charge in [-0.25, -0.2) is 4.79 Å². The smallest absolute Gasteiger partial charge is 0.381 e. The summed E-state index contributed by atoms with van der Waals surface area (Å²) in [5.41, 5.74) is -0.462. The van der Waals surface area contributed by atoms with Crippen molar-refractivity contribution in [1.29, 1.82) is 0 Å². The molecule has 17 heavy (non-hydrogen) atoms. The molecule has 0 aliphatic rings. The molecular formula is C11H11BrF2O3. The van der Waals surface area contributed by atoms with Gasteiger partial charge < -0.3 is 9.47 Å². The van der Waals surface area contributed by atoms with E-state index in [1.54, 1.807) is 0 Å². The number of rotatable bonds is 4. The molecule has 0 unspecified atom stereocenters. The molecular weight excluding hydrogens is 298 g/mol. The molecule has 0 amide bonds. The monoisotopic (exact) mass is 308 g/mol. The molecule has 0 saturated heterocycles. The Kier molecular flexibility index (Phi) is 4.45. The molecule has 0 aromatic heterocycles. The zero-order valence-electron chi connectivity index (χ0n) is 9.30. The minimum Gasteiger partial charge on any atom is -0.496 e. The molecule has 0 aliphatic heterocycles. The maximum atomic E-state index is 13.6. The maximum absolute atomic E-state index is 13.6. The first kappa shape index (κ1) is 13.9. The van der Waals surface area contributed by atoms with E-state index in [4.69, 9.17) is 4.74 Å². The summed E-state index contributed by atoms with van der Waals surface area (Å²) in [6.07, 6.45) is 0. The number of carbonyl (C=O) groups is 1. The van der Waals surface area contributed by atoms with Crippen molar-refractivity contribution in [3.05, 3.63) is 28.2 Å². The van der Waals surface area contributed by atoms with Crippen molar-refractivity contribution in [2.75, 3.05) is 13.7 Å². The van der Waals surface area contributed by atoms with Gasteiger partial charge in [0.1, 0.15) is 5.75 Å². The normalized spacial score (nSPS) is 11.1. The van der Waals surface area contributed by atoms with Crippen LogP contribution >= 0.6 is 15.9 Å². The van der Waals surface area contributed by atoms with Crippen molar-refractivity contribution in [3.63, 3.8) is 0 Å². The maximum Gasteiger partial charge on any atom is 0.381 e. The lowest BCUT2D eigenvalue weighted by atomic mass is 10.1. The topological polar surface area (TPSA) is 35.5 Å². The van der Waals surface area contributed by atoms with Crippen molar-refractivity contribution in [2.24, 2.45) is 0 Å². The number of ether oxygens (including phenoxy) is 2. The van der Waals surface area contributed by atoms with Crippen molar-refractivity contribution in [2.45, 2.75) is 12.8 Å². The Balaban J connectivity index is 3.10. The SMILES string of the molecule is CCOC(=O)C(F)(F)c1ccc(Br)c(OC)c1. The summed E-state index contributed by atoms with van der Waals surface area (Å²) in [6, 6.07) is 3.63. The van der Waals surface area contributed by atoms with Crippen LogP contribution in [0.25, 0.3) is 0 Å². The van der Waals surface area contributed by atoms with Gasteiger partial charge in [0.05, 0.1) is 18.2 Å². The van der Waals surface area contributed by atoms with Crippen LogP contribution in [-0.2, 0) is 15.5 Å². The molecule has 0 spiro atoms. The lowest BCUT2D eigenvalue weighted by molar-refractivity contribution is -0.173. The fourth-order valence-corrected chi connectivity index (χ4v) is 1.60. The number of methoxy groups -OCH3 is 1. The van der Waals surface area contributed by atoms with Crippen molar-refractivity contribution in [3.8, 4) is 5.75 Å². The van der Waals surface area contributed by atoms with Gasteiger partial charge in [0, 0.05) is 5.56 Å². The third-order valence-electron chi connectivity index (χ3n) is 2.05. The summed E-state index contributed by atoms with van der Waals surface area (Å²) in [7, 11) is 1.35. The first-order valence-corrected chi connectivity index (χ1v) is 5.61. The van der Waals surface area contributed by atoms with Crippen LogP contribution in [0.2, 0.25) is 0 Å². The molecule has 1 rings (SSSR count). The molecule has 0 aliphatic carbocycles. The largest absolute Gasteiger partial charge is 0.496 e. The molecule has 6 heteroatoms. The van der Waals surface area contributed by atoms with E-state index >= 15 is 0 Å². The number of alkyl halides is 2. The zero-order valence-corrected chi connectivity index (χ0v) is 10.9. The Morgan fingerprint density at radius 1 is 1.47 bits per heavy atom. The Morgan fingerprint density at radius 3 is 2.65 bits per heavy atom. The molecule has 1 aromatic rings. The van der Waals surface area contributed by atoms with Gasteiger partial charge >= 0.3 is 11.9 Å². The molecule has 1 aromatic carbocycles. The van der Waals surface area contributed by atoms with Gasteiger partial charge in [-0.1, -0.05) is 6.07 Å². The molecule has 0 bridgehead atoms. The van der Waals surface area contributed by atoms with E-state index in [1.807, 2.05) is 0 Å². The highest BCUT2D eigenvalue weighted by Crippen LogP contribution is 2.34. The third kappa shape index (κ3) is 2.94. The highest BCUT2D eigenvalue weighted by molar-refractivity contribution is 9.10. The summed E-state index contributed by atoms with van der Waals surface area (Å²) in [5.74, 6) is -5.01. The Morgan fingerprint density at radius 2 is 2.12 bits per heavy atom. The predicted octanol–water partition coefficient (Wildman–Crippen LogP) is 3.11. The van der Waals surface area contributed by atoms with Gasteiger partial charge in [0.2, 0.25) is 0 Å². The van der Waals surface area contributed by atoms with Crippen LogP contribution in [0.3, 0.4) is 0 Å². The van der Waals surface area contributed by atoms with Crippen LogP contribution in [0.1, 0.15) is 12.5 Å². The molecule has 94 valence electrons. The number of hydrogen-bond acceptors (Lipinski definition) is 3. The minimum atomic E-state index is -3.68. The standard InChI is InChI=1S/C11H11BrF2O3/c1-3-17-10(15)11(13,14)7-4-5-8(12)9(6-7)16-2/h4-6H,3H2,1-2H3. The van der Waals surface area contributed by atoms with Gasteiger partial charge in [0.25, 0.3) is 0 Å². The molecule has 0 atom stereocenters. The Hall–Kier alpha value is -1.17. The van der Waals surface area contributed by atoms with Crippen LogP contribution < -0.4 is 4.74 Å². The van der Waals surface area contributed by atoms with Gasteiger partial charge in [0.15, 0.2) is 0 Å². The third-order valence-corrected chi connectivity index (χ3v) is 2.70. The fourth-order valence-electron chi connectivity index (χ4n) is 1.19. The molecule has 0 fully saturated rings. The fraction of sp³-hybridized carbons (Fsp3) is 0.364. The van der Waals surface area contributed by atoms with Crippen LogP contribution in [0.5, 0.6) is 5.75 Å². The second kappa shape index (κ2) is 5.44. The second-order valence-electron chi connectivity index (χ2n) is 3.14. The van der Waals surface area contributed by atoms with E-state index < -0.39 is 17.5 Å². The first-order valence-electron chi connectivity index (χ1n) is 4.82. The number of hydrogen-bond donors (Lipinski definition) is 0. The zero-order chi connectivity index (χ0) is 13.1. The van der Waals surface area contributed by atoms with E-state index in [0.29, 0.717) is 4.47 Å². The van der Waals surface area contributed by atoms with Gasteiger partial charge in [-0.05, 0) is 35.0 Å². The van der Waals surface area contributed by atoms with Crippen molar-refractivity contribution in [1.82, 2.24) is 0 Å². The summed E-state index contributed by atoms with van der Waals surface area (Å²) < 4.78 is 37.0. The molecule has 0 saturated carbocycles. The molecule has 0 heterocycles. The highest BCUT2D eigenvalue weighted by atomic mass is 79.9. The highest BCUT2D eigenvalue weighted by Gasteiger charge is 2.43. The van der Waals surface area contributed by atoms with Gasteiger partial charge in [-0.15, -0.1) is 0 Å².